The summed E-state index contributed by atoms with van der Waals surface area (Å²) in [6.45, 7) is 4.84. The molecular weight excluding hydrogens is 178 g/mol. The van der Waals surface area contributed by atoms with Crippen LogP contribution in [-0.2, 0) is 0 Å². The molecule has 0 saturated heterocycles. The summed E-state index contributed by atoms with van der Waals surface area (Å²) in [5.41, 5.74) is 0. The molecule has 0 aromatic carbocycles. The quantitative estimate of drug-likeness (QED) is 0.727. The second kappa shape index (κ2) is 5.07. The van der Waals surface area contributed by atoms with Gasteiger partial charge < -0.3 is 10.1 Å². The fourth-order valence-corrected chi connectivity index (χ4v) is 1.00. The molecule has 0 bridgehead atoms. The maximum Gasteiger partial charge on any atom is 0.219 e. The number of terminal acetylenes is 1. The zero-order valence-electron chi connectivity index (χ0n) is 8.37. The molecule has 4 heteroatoms. The number of nitrogens with one attached hydrogen (secondary N) is 1. The van der Waals surface area contributed by atoms with Crippen molar-refractivity contribution >= 4 is 5.82 Å². The first-order valence-corrected chi connectivity index (χ1v) is 4.42. The van der Waals surface area contributed by atoms with E-state index in [1.165, 1.54) is 0 Å². The molecule has 0 amide bonds. The maximum absolute atomic E-state index is 5.20. The van der Waals surface area contributed by atoms with Crippen LogP contribution in [0.4, 0.5) is 5.82 Å². The molecule has 74 valence electrons. The minimum Gasteiger partial charge on any atom is -0.464 e. The van der Waals surface area contributed by atoms with E-state index in [9.17, 15) is 0 Å². The molecule has 0 atom stereocenters. The lowest BCUT2D eigenvalue weighted by Crippen LogP contribution is -2.04. The predicted molar refractivity (Wildman–Crippen MR) is 55.3 cm³/mol. The summed E-state index contributed by atoms with van der Waals surface area (Å²) in [6.07, 6.45) is 5.08. The third-order valence-electron chi connectivity index (χ3n) is 1.48. The number of hydrogen-bond acceptors (Lipinski definition) is 4. The largest absolute Gasteiger partial charge is 0.464 e. The Morgan fingerprint density at radius 3 is 3.00 bits per heavy atom. The fourth-order valence-electron chi connectivity index (χ4n) is 1.00. The molecule has 1 heterocycles. The number of ether oxygens (including phenoxy) is 1. The molecule has 1 N–H and O–H groups in total. The molecule has 0 aliphatic carbocycles. The monoisotopic (exact) mass is 191 g/mol. The van der Waals surface area contributed by atoms with Gasteiger partial charge in [-0.3, -0.25) is 0 Å². The van der Waals surface area contributed by atoms with Gasteiger partial charge in [0, 0.05) is 12.6 Å². The standard InChI is InChI=1S/C10H13N3O/c1-4-6-14-10-7-9(11-5-2)12-8(3)13-10/h1,7H,5-6H2,2-3H3,(H,11,12,13). The molecule has 0 unspecified atom stereocenters. The van der Waals surface area contributed by atoms with E-state index in [2.05, 4.69) is 21.2 Å². The van der Waals surface area contributed by atoms with Gasteiger partial charge in [-0.15, -0.1) is 6.42 Å². The Hall–Kier alpha value is -1.76. The van der Waals surface area contributed by atoms with Gasteiger partial charge in [-0.05, 0) is 13.8 Å². The molecule has 0 aliphatic heterocycles. The Kier molecular flexibility index (Phi) is 3.74. The van der Waals surface area contributed by atoms with E-state index in [1.807, 2.05) is 13.8 Å². The molecule has 4 nitrogen and oxygen atoms in total. The summed E-state index contributed by atoms with van der Waals surface area (Å²) >= 11 is 0. The minimum absolute atomic E-state index is 0.224. The molecule has 1 aromatic rings. The molecule has 0 radical (unpaired) electrons. The molecule has 0 aliphatic rings. The van der Waals surface area contributed by atoms with Crippen LogP contribution in [0.3, 0.4) is 0 Å². The number of aryl methyl sites for hydroxylation is 1. The van der Waals surface area contributed by atoms with Gasteiger partial charge in [0.05, 0.1) is 0 Å². The van der Waals surface area contributed by atoms with Crippen LogP contribution in [0, 0.1) is 19.3 Å². The van der Waals surface area contributed by atoms with Crippen molar-refractivity contribution in [2.24, 2.45) is 0 Å². The van der Waals surface area contributed by atoms with Gasteiger partial charge in [0.15, 0.2) is 6.61 Å². The van der Waals surface area contributed by atoms with E-state index in [-0.39, 0.29) is 6.61 Å². The average Bonchev–Trinajstić information content (AvgIpc) is 2.14. The van der Waals surface area contributed by atoms with E-state index in [4.69, 9.17) is 11.2 Å². The van der Waals surface area contributed by atoms with Gasteiger partial charge in [0.25, 0.3) is 0 Å². The lowest BCUT2D eigenvalue weighted by atomic mass is 10.5. The van der Waals surface area contributed by atoms with Crippen LogP contribution in [0.5, 0.6) is 5.88 Å². The van der Waals surface area contributed by atoms with E-state index in [0.29, 0.717) is 11.7 Å². The molecule has 0 fully saturated rings. The smallest absolute Gasteiger partial charge is 0.219 e. The van der Waals surface area contributed by atoms with Crippen LogP contribution >= 0.6 is 0 Å². The minimum atomic E-state index is 0.224. The van der Waals surface area contributed by atoms with Gasteiger partial charge in [0.1, 0.15) is 11.6 Å². The molecule has 1 aromatic heterocycles. The van der Waals surface area contributed by atoms with Crippen molar-refractivity contribution in [2.75, 3.05) is 18.5 Å². The van der Waals surface area contributed by atoms with Crippen molar-refractivity contribution < 1.29 is 4.74 Å². The number of hydrogen-bond donors (Lipinski definition) is 1. The number of aromatic nitrogens is 2. The van der Waals surface area contributed by atoms with Crippen molar-refractivity contribution in [3.63, 3.8) is 0 Å². The highest BCUT2D eigenvalue weighted by Crippen LogP contribution is 2.12. The van der Waals surface area contributed by atoms with E-state index >= 15 is 0 Å². The van der Waals surface area contributed by atoms with E-state index in [0.717, 1.165) is 12.4 Å². The topological polar surface area (TPSA) is 47.0 Å². The summed E-state index contributed by atoms with van der Waals surface area (Å²) in [7, 11) is 0. The third-order valence-corrected chi connectivity index (χ3v) is 1.48. The van der Waals surface area contributed by atoms with Crippen molar-refractivity contribution in [3.05, 3.63) is 11.9 Å². The Bertz CT molecular complexity index is 344. The van der Waals surface area contributed by atoms with Crippen molar-refractivity contribution in [3.8, 4) is 18.2 Å². The van der Waals surface area contributed by atoms with Gasteiger partial charge in [0.2, 0.25) is 5.88 Å². The first kappa shape index (κ1) is 10.3. The molecule has 1 rings (SSSR count). The molecular formula is C10H13N3O. The molecule has 14 heavy (non-hydrogen) atoms. The van der Waals surface area contributed by atoms with Crippen LogP contribution in [0.25, 0.3) is 0 Å². The number of rotatable bonds is 4. The highest BCUT2D eigenvalue weighted by molar-refractivity contribution is 5.38. The van der Waals surface area contributed by atoms with Crippen LogP contribution in [0.1, 0.15) is 12.7 Å². The normalized spacial score (nSPS) is 9.21. The summed E-state index contributed by atoms with van der Waals surface area (Å²) in [4.78, 5) is 8.26. The zero-order chi connectivity index (χ0) is 10.4. The van der Waals surface area contributed by atoms with E-state index < -0.39 is 0 Å². The second-order valence-corrected chi connectivity index (χ2v) is 2.66. The van der Waals surface area contributed by atoms with Crippen molar-refractivity contribution in [2.45, 2.75) is 13.8 Å². The second-order valence-electron chi connectivity index (χ2n) is 2.66. The summed E-state index contributed by atoms with van der Waals surface area (Å²) < 4.78 is 5.20. The maximum atomic E-state index is 5.20. The summed E-state index contributed by atoms with van der Waals surface area (Å²) in [5.74, 6) is 4.31. The Labute approximate surface area is 83.7 Å². The van der Waals surface area contributed by atoms with Crippen LogP contribution in [0.15, 0.2) is 6.07 Å². The number of anilines is 1. The first-order valence-electron chi connectivity index (χ1n) is 4.42. The van der Waals surface area contributed by atoms with Gasteiger partial charge >= 0.3 is 0 Å². The predicted octanol–water partition coefficient (Wildman–Crippen LogP) is 1.23. The lowest BCUT2D eigenvalue weighted by molar-refractivity contribution is 0.354. The highest BCUT2D eigenvalue weighted by Gasteiger charge is 2.00. The molecule has 0 spiro atoms. The fraction of sp³-hybridized carbons (Fsp3) is 0.400. The van der Waals surface area contributed by atoms with Crippen LogP contribution in [-0.4, -0.2) is 23.1 Å². The highest BCUT2D eigenvalue weighted by atomic mass is 16.5. The Balaban J connectivity index is 2.79. The summed E-state index contributed by atoms with van der Waals surface area (Å²) in [6, 6.07) is 1.73. The van der Waals surface area contributed by atoms with Gasteiger partial charge in [-0.2, -0.15) is 4.98 Å². The lowest BCUT2D eigenvalue weighted by Gasteiger charge is -2.06. The SMILES string of the molecule is C#CCOc1cc(NCC)nc(C)n1. The van der Waals surface area contributed by atoms with Gasteiger partial charge in [-0.1, -0.05) is 5.92 Å². The average molecular weight is 191 g/mol. The Morgan fingerprint density at radius 2 is 2.36 bits per heavy atom. The van der Waals surface area contributed by atoms with Crippen molar-refractivity contribution in [1.82, 2.24) is 9.97 Å². The zero-order valence-corrected chi connectivity index (χ0v) is 8.37. The number of nitrogens with zero attached hydrogens (tertiary/aromatic N) is 2. The van der Waals surface area contributed by atoms with Crippen LogP contribution in [0.2, 0.25) is 0 Å². The van der Waals surface area contributed by atoms with Crippen LogP contribution < -0.4 is 10.1 Å². The third kappa shape index (κ3) is 2.94. The Morgan fingerprint density at radius 1 is 1.57 bits per heavy atom. The van der Waals surface area contributed by atoms with Gasteiger partial charge in [-0.25, -0.2) is 4.98 Å². The van der Waals surface area contributed by atoms with E-state index in [1.54, 1.807) is 6.07 Å². The molecule has 0 saturated carbocycles. The van der Waals surface area contributed by atoms with Crippen molar-refractivity contribution in [1.29, 1.82) is 0 Å². The first-order chi connectivity index (χ1) is 6.76. The summed E-state index contributed by atoms with van der Waals surface area (Å²) in [5, 5.41) is 3.08.